The lowest BCUT2D eigenvalue weighted by Gasteiger charge is -2.09. The van der Waals surface area contributed by atoms with Gasteiger partial charge in [0.2, 0.25) is 11.1 Å². The Balaban J connectivity index is 1.51. The van der Waals surface area contributed by atoms with Gasteiger partial charge >= 0.3 is 0 Å². The van der Waals surface area contributed by atoms with E-state index in [1.807, 2.05) is 42.5 Å². The van der Waals surface area contributed by atoms with Gasteiger partial charge in [0.25, 0.3) is 0 Å². The number of tetrazole rings is 1. The number of phenolic OH excluding ortho intramolecular Hbond substituents is 1. The Labute approximate surface area is 169 Å². The summed E-state index contributed by atoms with van der Waals surface area (Å²) >= 11 is 7.23. The highest BCUT2D eigenvalue weighted by molar-refractivity contribution is 7.99. The average molecular weight is 412 g/mol. The van der Waals surface area contributed by atoms with Crippen molar-refractivity contribution >= 4 is 45.7 Å². The molecule has 4 aromatic rings. The van der Waals surface area contributed by atoms with E-state index in [2.05, 4.69) is 20.8 Å². The number of carbonyl (C=O) groups excluding carboxylic acids is 1. The van der Waals surface area contributed by atoms with Gasteiger partial charge in [-0.1, -0.05) is 59.8 Å². The summed E-state index contributed by atoms with van der Waals surface area (Å²) in [7, 11) is 0. The van der Waals surface area contributed by atoms with Gasteiger partial charge in [0.15, 0.2) is 0 Å². The third-order valence-electron chi connectivity index (χ3n) is 3.99. The molecule has 0 saturated heterocycles. The van der Waals surface area contributed by atoms with Crippen molar-refractivity contribution in [2.24, 2.45) is 0 Å². The van der Waals surface area contributed by atoms with Gasteiger partial charge in [-0.15, -0.1) is 5.10 Å². The SMILES string of the molecule is O=C(CSc1nnnn1-c1cccc2ccccc12)Nc1ccc(O)cc1Cl. The maximum absolute atomic E-state index is 12.3. The van der Waals surface area contributed by atoms with Crippen molar-refractivity contribution in [1.29, 1.82) is 0 Å². The number of nitrogens with zero attached hydrogens (tertiary/aromatic N) is 4. The molecule has 9 heteroatoms. The van der Waals surface area contributed by atoms with Crippen molar-refractivity contribution in [3.05, 3.63) is 65.7 Å². The molecule has 7 nitrogen and oxygen atoms in total. The molecule has 4 rings (SSSR count). The van der Waals surface area contributed by atoms with E-state index in [0.717, 1.165) is 16.5 Å². The Morgan fingerprint density at radius 2 is 1.96 bits per heavy atom. The summed E-state index contributed by atoms with van der Waals surface area (Å²) in [5.74, 6) is -0.126. The van der Waals surface area contributed by atoms with Gasteiger partial charge in [0.1, 0.15) is 5.75 Å². The van der Waals surface area contributed by atoms with E-state index in [1.165, 1.54) is 23.9 Å². The normalized spacial score (nSPS) is 10.9. The Bertz CT molecular complexity index is 1160. The highest BCUT2D eigenvalue weighted by atomic mass is 35.5. The Morgan fingerprint density at radius 3 is 2.82 bits per heavy atom. The quantitative estimate of drug-likeness (QED) is 0.382. The van der Waals surface area contributed by atoms with Gasteiger partial charge in [-0.3, -0.25) is 4.79 Å². The van der Waals surface area contributed by atoms with Crippen molar-refractivity contribution < 1.29 is 9.90 Å². The molecule has 0 aliphatic rings. The number of benzene rings is 3. The zero-order valence-electron chi connectivity index (χ0n) is 14.4. The van der Waals surface area contributed by atoms with Crippen LogP contribution < -0.4 is 5.32 Å². The number of carbonyl (C=O) groups is 1. The minimum absolute atomic E-state index is 0.0339. The fourth-order valence-corrected chi connectivity index (χ4v) is 3.64. The zero-order valence-corrected chi connectivity index (χ0v) is 16.0. The molecular weight excluding hydrogens is 398 g/mol. The summed E-state index contributed by atoms with van der Waals surface area (Å²) < 4.78 is 1.62. The first kappa shape index (κ1) is 18.3. The van der Waals surface area contributed by atoms with Crippen molar-refractivity contribution in [2.45, 2.75) is 5.16 Å². The van der Waals surface area contributed by atoms with Crippen LogP contribution in [0, 0.1) is 0 Å². The molecule has 28 heavy (non-hydrogen) atoms. The van der Waals surface area contributed by atoms with Gasteiger partial charge in [0.05, 0.1) is 22.2 Å². The van der Waals surface area contributed by atoms with Crippen LogP contribution in [0.5, 0.6) is 5.75 Å². The van der Waals surface area contributed by atoms with Crippen molar-refractivity contribution in [1.82, 2.24) is 20.2 Å². The number of thioether (sulfide) groups is 1. The number of aromatic nitrogens is 4. The number of fused-ring (bicyclic) bond motifs is 1. The molecule has 0 unspecified atom stereocenters. The minimum Gasteiger partial charge on any atom is -0.508 e. The number of halogens is 1. The first-order valence-electron chi connectivity index (χ1n) is 8.29. The lowest BCUT2D eigenvalue weighted by Crippen LogP contribution is -2.15. The summed E-state index contributed by atoms with van der Waals surface area (Å²) in [6.07, 6.45) is 0. The molecule has 1 aromatic heterocycles. The molecule has 1 amide bonds. The van der Waals surface area contributed by atoms with E-state index in [1.54, 1.807) is 10.7 Å². The number of anilines is 1. The molecule has 0 bridgehead atoms. The molecule has 0 saturated carbocycles. The number of nitrogens with one attached hydrogen (secondary N) is 1. The van der Waals surface area contributed by atoms with E-state index < -0.39 is 0 Å². The first-order valence-corrected chi connectivity index (χ1v) is 9.66. The molecule has 140 valence electrons. The number of rotatable bonds is 5. The molecule has 2 N–H and O–H groups in total. The summed E-state index contributed by atoms with van der Waals surface area (Å²) in [6, 6.07) is 18.2. The van der Waals surface area contributed by atoms with E-state index >= 15 is 0 Å². The summed E-state index contributed by atoms with van der Waals surface area (Å²) in [5, 5.41) is 26.8. The average Bonchev–Trinajstić information content (AvgIpc) is 3.16. The topological polar surface area (TPSA) is 92.9 Å². The second kappa shape index (κ2) is 7.87. The van der Waals surface area contributed by atoms with Crippen LogP contribution >= 0.6 is 23.4 Å². The predicted molar refractivity (Wildman–Crippen MR) is 109 cm³/mol. The molecule has 0 spiro atoms. The molecule has 0 aliphatic heterocycles. The first-order chi connectivity index (χ1) is 13.6. The smallest absolute Gasteiger partial charge is 0.234 e. The predicted octanol–water partition coefficient (Wildman–Crippen LogP) is 3.91. The van der Waals surface area contributed by atoms with E-state index in [0.29, 0.717) is 10.8 Å². The van der Waals surface area contributed by atoms with Gasteiger partial charge in [-0.2, -0.15) is 4.68 Å². The van der Waals surface area contributed by atoms with Gasteiger partial charge in [0, 0.05) is 11.5 Å². The van der Waals surface area contributed by atoms with Crippen molar-refractivity contribution in [3.8, 4) is 11.4 Å². The standard InChI is InChI=1S/C19H14ClN5O2S/c20-15-10-13(26)8-9-16(15)21-18(27)11-28-19-22-23-24-25(19)17-7-3-5-12-4-1-2-6-14(12)17/h1-10,26H,11H2,(H,21,27). The summed E-state index contributed by atoms with van der Waals surface area (Å²) in [4.78, 5) is 12.3. The Hall–Kier alpha value is -3.10. The highest BCUT2D eigenvalue weighted by Crippen LogP contribution is 2.27. The largest absolute Gasteiger partial charge is 0.508 e. The molecule has 0 atom stereocenters. The fourth-order valence-electron chi connectivity index (χ4n) is 2.73. The lowest BCUT2D eigenvalue weighted by molar-refractivity contribution is -0.113. The summed E-state index contributed by atoms with van der Waals surface area (Å²) in [5.41, 5.74) is 1.27. The number of hydrogen-bond acceptors (Lipinski definition) is 6. The lowest BCUT2D eigenvalue weighted by atomic mass is 10.1. The number of hydrogen-bond donors (Lipinski definition) is 2. The second-order valence-electron chi connectivity index (χ2n) is 5.87. The molecule has 0 aliphatic carbocycles. The molecule has 3 aromatic carbocycles. The Kier molecular flexibility index (Phi) is 5.14. The zero-order chi connectivity index (χ0) is 19.5. The van der Waals surface area contributed by atoms with E-state index in [4.69, 9.17) is 11.6 Å². The van der Waals surface area contributed by atoms with Crippen LogP contribution in [-0.2, 0) is 4.79 Å². The molecule has 1 heterocycles. The van der Waals surface area contributed by atoms with E-state index in [-0.39, 0.29) is 22.4 Å². The van der Waals surface area contributed by atoms with Crippen LogP contribution in [0.25, 0.3) is 16.5 Å². The van der Waals surface area contributed by atoms with Crippen LogP contribution in [-0.4, -0.2) is 37.0 Å². The van der Waals surface area contributed by atoms with Crippen molar-refractivity contribution in [2.75, 3.05) is 11.1 Å². The van der Waals surface area contributed by atoms with Crippen LogP contribution in [0.1, 0.15) is 0 Å². The van der Waals surface area contributed by atoms with E-state index in [9.17, 15) is 9.90 Å². The molecule has 0 fully saturated rings. The second-order valence-corrected chi connectivity index (χ2v) is 7.22. The third-order valence-corrected chi connectivity index (χ3v) is 5.23. The number of amides is 1. The monoisotopic (exact) mass is 411 g/mol. The highest BCUT2D eigenvalue weighted by Gasteiger charge is 2.14. The molecular formula is C19H14ClN5O2S. The van der Waals surface area contributed by atoms with Crippen LogP contribution in [0.2, 0.25) is 5.02 Å². The minimum atomic E-state index is -0.259. The van der Waals surface area contributed by atoms with Crippen LogP contribution in [0.3, 0.4) is 0 Å². The van der Waals surface area contributed by atoms with Crippen molar-refractivity contribution in [3.63, 3.8) is 0 Å². The number of aromatic hydroxyl groups is 1. The van der Waals surface area contributed by atoms with Gasteiger partial charge in [-0.25, -0.2) is 0 Å². The van der Waals surface area contributed by atoms with Crippen LogP contribution in [0.4, 0.5) is 5.69 Å². The molecule has 0 radical (unpaired) electrons. The summed E-state index contributed by atoms with van der Waals surface area (Å²) in [6.45, 7) is 0. The fraction of sp³-hybridized carbons (Fsp3) is 0.0526. The van der Waals surface area contributed by atoms with Crippen LogP contribution in [0.15, 0.2) is 65.8 Å². The van der Waals surface area contributed by atoms with Gasteiger partial charge < -0.3 is 10.4 Å². The van der Waals surface area contributed by atoms with Gasteiger partial charge in [-0.05, 0) is 34.0 Å². The third kappa shape index (κ3) is 3.78. The maximum atomic E-state index is 12.3. The maximum Gasteiger partial charge on any atom is 0.234 e. The Morgan fingerprint density at radius 1 is 1.14 bits per heavy atom. The number of phenols is 1.